The first-order valence-electron chi connectivity index (χ1n) is 5.85. The quantitative estimate of drug-likeness (QED) is 0.730. The molecule has 0 aromatic carbocycles. The van der Waals surface area contributed by atoms with Gasteiger partial charge >= 0.3 is 0 Å². The van der Waals surface area contributed by atoms with Crippen LogP contribution in [0.25, 0.3) is 0 Å². The highest BCUT2D eigenvalue weighted by Crippen LogP contribution is 2.16. The molecule has 2 aliphatic heterocycles. The fourth-order valence-electron chi connectivity index (χ4n) is 2.41. The highest BCUT2D eigenvalue weighted by Gasteiger charge is 2.20. The molecule has 0 radical (unpaired) electrons. The highest BCUT2D eigenvalue weighted by molar-refractivity contribution is 5.76. The van der Waals surface area contributed by atoms with Crippen LogP contribution in [-0.4, -0.2) is 37.0 Å². The number of rotatable bonds is 3. The topological polar surface area (TPSA) is 32.3 Å². The van der Waals surface area contributed by atoms with Crippen molar-refractivity contribution >= 4 is 5.91 Å². The van der Waals surface area contributed by atoms with Crippen LogP contribution in [0.2, 0.25) is 0 Å². The van der Waals surface area contributed by atoms with Crippen LogP contribution in [0.4, 0.5) is 0 Å². The van der Waals surface area contributed by atoms with Gasteiger partial charge in [-0.3, -0.25) is 4.79 Å². The summed E-state index contributed by atoms with van der Waals surface area (Å²) >= 11 is 0. The van der Waals surface area contributed by atoms with Crippen molar-refractivity contribution in [3.8, 4) is 0 Å². The molecule has 1 N–H and O–H groups in total. The smallest absolute Gasteiger partial charge is 0.222 e. The molecular formula is C11H20N2O. The zero-order chi connectivity index (χ0) is 9.80. The predicted molar refractivity (Wildman–Crippen MR) is 56.0 cm³/mol. The Balaban J connectivity index is 1.66. The summed E-state index contributed by atoms with van der Waals surface area (Å²) in [7, 11) is 0. The summed E-state index contributed by atoms with van der Waals surface area (Å²) in [5.41, 5.74) is 0. The monoisotopic (exact) mass is 196 g/mol. The van der Waals surface area contributed by atoms with Crippen molar-refractivity contribution in [2.24, 2.45) is 5.92 Å². The van der Waals surface area contributed by atoms with Gasteiger partial charge in [0.1, 0.15) is 0 Å². The van der Waals surface area contributed by atoms with Gasteiger partial charge in [0.25, 0.3) is 0 Å². The molecule has 0 spiro atoms. The Morgan fingerprint density at radius 2 is 2.14 bits per heavy atom. The summed E-state index contributed by atoms with van der Waals surface area (Å²) in [4.78, 5) is 13.7. The minimum absolute atomic E-state index is 0.384. The minimum Gasteiger partial charge on any atom is -0.343 e. The van der Waals surface area contributed by atoms with Crippen molar-refractivity contribution in [2.45, 2.75) is 32.1 Å². The van der Waals surface area contributed by atoms with E-state index in [1.165, 1.54) is 19.3 Å². The summed E-state index contributed by atoms with van der Waals surface area (Å²) in [6, 6.07) is 0. The van der Waals surface area contributed by atoms with E-state index in [0.29, 0.717) is 5.91 Å². The zero-order valence-corrected chi connectivity index (χ0v) is 8.80. The van der Waals surface area contributed by atoms with E-state index in [4.69, 9.17) is 0 Å². The number of hydrogen-bond donors (Lipinski definition) is 1. The summed E-state index contributed by atoms with van der Waals surface area (Å²) in [5, 5.41) is 3.34. The zero-order valence-electron chi connectivity index (χ0n) is 8.80. The molecule has 1 amide bonds. The van der Waals surface area contributed by atoms with Crippen LogP contribution in [0.1, 0.15) is 32.1 Å². The minimum atomic E-state index is 0.384. The van der Waals surface area contributed by atoms with Gasteiger partial charge in [-0.05, 0) is 44.7 Å². The first-order valence-corrected chi connectivity index (χ1v) is 5.85. The lowest BCUT2D eigenvalue weighted by Crippen LogP contribution is -2.27. The Hall–Kier alpha value is -0.570. The third kappa shape index (κ3) is 2.47. The molecule has 1 atom stereocenters. The van der Waals surface area contributed by atoms with Crippen LogP contribution in [0.3, 0.4) is 0 Å². The third-order valence-electron chi connectivity index (χ3n) is 3.39. The largest absolute Gasteiger partial charge is 0.343 e. The van der Waals surface area contributed by atoms with Gasteiger partial charge in [-0.15, -0.1) is 0 Å². The van der Waals surface area contributed by atoms with Crippen LogP contribution >= 0.6 is 0 Å². The second kappa shape index (κ2) is 4.78. The van der Waals surface area contributed by atoms with Crippen molar-refractivity contribution < 1.29 is 4.79 Å². The van der Waals surface area contributed by atoms with Gasteiger partial charge in [-0.25, -0.2) is 0 Å². The molecular weight excluding hydrogens is 176 g/mol. The molecule has 3 heteroatoms. The average molecular weight is 196 g/mol. The number of carbonyl (C=O) groups is 1. The maximum Gasteiger partial charge on any atom is 0.222 e. The van der Waals surface area contributed by atoms with Gasteiger partial charge in [0, 0.05) is 19.5 Å². The number of amides is 1. The molecule has 0 aromatic heterocycles. The van der Waals surface area contributed by atoms with E-state index in [-0.39, 0.29) is 0 Å². The molecule has 80 valence electrons. The van der Waals surface area contributed by atoms with E-state index in [1.807, 2.05) is 4.90 Å². The Morgan fingerprint density at radius 1 is 1.36 bits per heavy atom. The Labute approximate surface area is 85.8 Å². The molecule has 2 rings (SSSR count). The van der Waals surface area contributed by atoms with E-state index in [0.717, 1.165) is 44.9 Å². The molecule has 2 aliphatic rings. The summed E-state index contributed by atoms with van der Waals surface area (Å²) in [6.45, 7) is 4.26. The van der Waals surface area contributed by atoms with Gasteiger partial charge in [0.2, 0.25) is 5.91 Å². The van der Waals surface area contributed by atoms with Gasteiger partial charge in [0.05, 0.1) is 0 Å². The molecule has 2 fully saturated rings. The van der Waals surface area contributed by atoms with Crippen LogP contribution < -0.4 is 5.32 Å². The number of hydrogen-bond acceptors (Lipinski definition) is 2. The van der Waals surface area contributed by atoms with Gasteiger partial charge in [-0.2, -0.15) is 0 Å². The van der Waals surface area contributed by atoms with Crippen LogP contribution in [0.5, 0.6) is 0 Å². The second-order valence-electron chi connectivity index (χ2n) is 4.49. The standard InChI is InChI=1S/C11H20N2O/c14-11(13-7-1-2-8-13)4-3-10-5-6-12-9-10/h10,12H,1-9H2. The molecule has 0 bridgehead atoms. The normalized spacial score (nSPS) is 27.1. The van der Waals surface area contributed by atoms with Crippen molar-refractivity contribution in [3.05, 3.63) is 0 Å². The van der Waals surface area contributed by atoms with Crippen molar-refractivity contribution in [1.29, 1.82) is 0 Å². The lowest BCUT2D eigenvalue weighted by atomic mass is 10.0. The van der Waals surface area contributed by atoms with Crippen molar-refractivity contribution in [2.75, 3.05) is 26.2 Å². The SMILES string of the molecule is O=C(CCC1CCNC1)N1CCCC1. The lowest BCUT2D eigenvalue weighted by Gasteiger charge is -2.16. The summed E-state index contributed by atoms with van der Waals surface area (Å²) in [5.74, 6) is 1.14. The number of nitrogens with one attached hydrogen (secondary N) is 1. The average Bonchev–Trinajstić information content (AvgIpc) is 2.87. The molecule has 0 aliphatic carbocycles. The number of likely N-dealkylation sites (tertiary alicyclic amines) is 1. The van der Waals surface area contributed by atoms with Crippen LogP contribution in [0, 0.1) is 5.92 Å². The van der Waals surface area contributed by atoms with E-state index in [9.17, 15) is 4.79 Å². The van der Waals surface area contributed by atoms with E-state index in [2.05, 4.69) is 5.32 Å². The number of carbonyl (C=O) groups excluding carboxylic acids is 1. The van der Waals surface area contributed by atoms with E-state index in [1.54, 1.807) is 0 Å². The summed E-state index contributed by atoms with van der Waals surface area (Å²) in [6.07, 6.45) is 5.52. The maximum absolute atomic E-state index is 11.7. The maximum atomic E-state index is 11.7. The van der Waals surface area contributed by atoms with Crippen molar-refractivity contribution in [1.82, 2.24) is 10.2 Å². The first kappa shape index (κ1) is 9.97. The fourth-order valence-corrected chi connectivity index (χ4v) is 2.41. The third-order valence-corrected chi connectivity index (χ3v) is 3.39. The van der Waals surface area contributed by atoms with Gasteiger partial charge in [0.15, 0.2) is 0 Å². The number of nitrogens with zero attached hydrogens (tertiary/aromatic N) is 1. The second-order valence-corrected chi connectivity index (χ2v) is 4.49. The van der Waals surface area contributed by atoms with Gasteiger partial charge < -0.3 is 10.2 Å². The Morgan fingerprint density at radius 3 is 2.79 bits per heavy atom. The molecule has 14 heavy (non-hydrogen) atoms. The molecule has 1 unspecified atom stereocenters. The Bertz CT molecular complexity index is 193. The van der Waals surface area contributed by atoms with E-state index >= 15 is 0 Å². The molecule has 3 nitrogen and oxygen atoms in total. The van der Waals surface area contributed by atoms with Gasteiger partial charge in [-0.1, -0.05) is 0 Å². The molecule has 2 saturated heterocycles. The van der Waals surface area contributed by atoms with Crippen LogP contribution in [0.15, 0.2) is 0 Å². The molecule has 0 aromatic rings. The highest BCUT2D eigenvalue weighted by atomic mass is 16.2. The first-order chi connectivity index (χ1) is 6.86. The molecule has 2 heterocycles. The van der Waals surface area contributed by atoms with Crippen molar-refractivity contribution in [3.63, 3.8) is 0 Å². The lowest BCUT2D eigenvalue weighted by molar-refractivity contribution is -0.130. The van der Waals surface area contributed by atoms with Crippen LogP contribution in [-0.2, 0) is 4.79 Å². The Kier molecular flexibility index (Phi) is 3.40. The summed E-state index contributed by atoms with van der Waals surface area (Å²) < 4.78 is 0. The van der Waals surface area contributed by atoms with E-state index < -0.39 is 0 Å². The fraction of sp³-hybridized carbons (Fsp3) is 0.909. The predicted octanol–water partition coefficient (Wildman–Crippen LogP) is 0.998. The molecule has 0 saturated carbocycles.